The number of fused-ring (bicyclic) bond motifs is 1. The number of hydrogen-bond donors (Lipinski definition) is 3. The van der Waals surface area contributed by atoms with Gasteiger partial charge in [0.05, 0.1) is 22.3 Å². The molecule has 0 aliphatic rings. The summed E-state index contributed by atoms with van der Waals surface area (Å²) in [5.74, 6) is 0.248. The Morgan fingerprint density at radius 1 is 1.24 bits per heavy atom. The van der Waals surface area contributed by atoms with E-state index in [1.165, 1.54) is 11.8 Å². The number of carbonyl (C=O) groups is 2. The molecule has 146 valence electrons. The predicted octanol–water partition coefficient (Wildman–Crippen LogP) is 4.13. The minimum absolute atomic E-state index is 0.150. The van der Waals surface area contributed by atoms with Crippen molar-refractivity contribution in [2.45, 2.75) is 16.7 Å². The van der Waals surface area contributed by atoms with Crippen LogP contribution in [0.2, 0.25) is 0 Å². The van der Waals surface area contributed by atoms with Gasteiger partial charge in [-0.15, -0.1) is 0 Å². The van der Waals surface area contributed by atoms with E-state index in [4.69, 9.17) is 0 Å². The minimum atomic E-state index is -0.224. The van der Waals surface area contributed by atoms with Crippen molar-refractivity contribution in [1.82, 2.24) is 14.8 Å². The number of aromatic amines is 1. The van der Waals surface area contributed by atoms with E-state index in [1.54, 1.807) is 23.9 Å². The average Bonchev–Trinajstić information content (AvgIpc) is 3.18. The molecule has 0 unspecified atom stereocenters. The molecular formula is C21H18N4O3S. The van der Waals surface area contributed by atoms with Gasteiger partial charge in [0.15, 0.2) is 12.2 Å². The van der Waals surface area contributed by atoms with Crippen molar-refractivity contribution in [3.63, 3.8) is 0 Å². The van der Waals surface area contributed by atoms with Crippen LogP contribution >= 0.6 is 11.8 Å². The number of H-pyrrole nitrogens is 1. The van der Waals surface area contributed by atoms with E-state index in [1.807, 2.05) is 43.3 Å². The Morgan fingerprint density at radius 2 is 2.03 bits per heavy atom. The normalized spacial score (nSPS) is 11.0. The molecule has 8 heteroatoms. The SMILES string of the molecule is Cc1cc(NC(=O)c2ccccc2Sc2ccc3c(C=O)c(O)[nH]c3c2)n(C)n1. The first-order chi connectivity index (χ1) is 14.0. The molecule has 0 atom stereocenters. The van der Waals surface area contributed by atoms with Gasteiger partial charge in [-0.05, 0) is 31.2 Å². The van der Waals surface area contributed by atoms with Crippen LogP contribution in [0.25, 0.3) is 10.9 Å². The molecule has 0 bridgehead atoms. The maximum Gasteiger partial charge on any atom is 0.257 e. The van der Waals surface area contributed by atoms with Crippen molar-refractivity contribution in [2.24, 2.45) is 7.05 Å². The van der Waals surface area contributed by atoms with E-state index >= 15 is 0 Å². The molecule has 2 aromatic heterocycles. The number of aldehydes is 1. The highest BCUT2D eigenvalue weighted by Crippen LogP contribution is 2.34. The maximum atomic E-state index is 12.8. The monoisotopic (exact) mass is 406 g/mol. The molecule has 0 aliphatic heterocycles. The molecule has 1 amide bonds. The second-order valence-corrected chi connectivity index (χ2v) is 7.67. The van der Waals surface area contributed by atoms with E-state index in [0.29, 0.717) is 28.6 Å². The summed E-state index contributed by atoms with van der Waals surface area (Å²) in [6, 6.07) is 14.6. The lowest BCUT2D eigenvalue weighted by Gasteiger charge is -2.10. The summed E-state index contributed by atoms with van der Waals surface area (Å²) in [6.07, 6.45) is 0.626. The average molecular weight is 406 g/mol. The van der Waals surface area contributed by atoms with Crippen LogP contribution in [0, 0.1) is 6.92 Å². The molecule has 0 fully saturated rings. The van der Waals surface area contributed by atoms with Crippen molar-refractivity contribution >= 4 is 40.7 Å². The summed E-state index contributed by atoms with van der Waals surface area (Å²) in [5.41, 5.74) is 2.26. The number of aryl methyl sites for hydroxylation is 2. The Hall–Kier alpha value is -3.52. The number of amides is 1. The first kappa shape index (κ1) is 18.8. The third-order valence-corrected chi connectivity index (χ3v) is 5.58. The summed E-state index contributed by atoms with van der Waals surface area (Å²) in [4.78, 5) is 28.4. The molecule has 7 nitrogen and oxygen atoms in total. The highest BCUT2D eigenvalue weighted by atomic mass is 32.2. The quantitative estimate of drug-likeness (QED) is 0.433. The highest BCUT2D eigenvalue weighted by Gasteiger charge is 2.15. The van der Waals surface area contributed by atoms with Gasteiger partial charge in [-0.3, -0.25) is 14.3 Å². The number of nitrogens with one attached hydrogen (secondary N) is 2. The second-order valence-electron chi connectivity index (χ2n) is 6.56. The van der Waals surface area contributed by atoms with Crippen molar-refractivity contribution in [2.75, 3.05) is 5.32 Å². The number of benzene rings is 2. The van der Waals surface area contributed by atoms with Crippen LogP contribution in [0.4, 0.5) is 5.82 Å². The fraction of sp³-hybridized carbons (Fsp3) is 0.0952. The highest BCUT2D eigenvalue weighted by molar-refractivity contribution is 7.99. The third-order valence-electron chi connectivity index (χ3n) is 4.51. The topological polar surface area (TPSA) is 100 Å². The number of aromatic hydroxyl groups is 1. The van der Waals surface area contributed by atoms with Crippen LogP contribution in [-0.4, -0.2) is 32.1 Å². The summed E-state index contributed by atoms with van der Waals surface area (Å²) in [7, 11) is 1.78. The maximum absolute atomic E-state index is 12.8. The molecule has 4 rings (SSSR count). The number of nitrogens with zero attached hydrogens (tertiary/aromatic N) is 2. The van der Waals surface area contributed by atoms with Gasteiger partial charge >= 0.3 is 0 Å². The number of carbonyl (C=O) groups excluding carboxylic acids is 2. The molecule has 0 spiro atoms. The fourth-order valence-corrected chi connectivity index (χ4v) is 4.13. The Bertz CT molecular complexity index is 1240. The molecular weight excluding hydrogens is 388 g/mol. The predicted molar refractivity (Wildman–Crippen MR) is 112 cm³/mol. The zero-order chi connectivity index (χ0) is 20.5. The van der Waals surface area contributed by atoms with E-state index in [-0.39, 0.29) is 17.4 Å². The van der Waals surface area contributed by atoms with Crippen LogP contribution in [0.15, 0.2) is 58.3 Å². The summed E-state index contributed by atoms with van der Waals surface area (Å²) in [5, 5.41) is 17.6. The van der Waals surface area contributed by atoms with E-state index < -0.39 is 0 Å². The number of rotatable bonds is 5. The van der Waals surface area contributed by atoms with Crippen LogP contribution in [0.1, 0.15) is 26.4 Å². The summed E-state index contributed by atoms with van der Waals surface area (Å²) < 4.78 is 1.62. The molecule has 4 aromatic rings. The largest absolute Gasteiger partial charge is 0.494 e. The molecule has 2 aromatic carbocycles. The lowest BCUT2D eigenvalue weighted by molar-refractivity contribution is 0.102. The van der Waals surface area contributed by atoms with Gasteiger partial charge in [-0.1, -0.05) is 30.0 Å². The fourth-order valence-electron chi connectivity index (χ4n) is 3.15. The number of aromatic nitrogens is 3. The molecule has 2 heterocycles. The van der Waals surface area contributed by atoms with Crippen LogP contribution in [0.3, 0.4) is 0 Å². The first-order valence-electron chi connectivity index (χ1n) is 8.85. The van der Waals surface area contributed by atoms with Crippen molar-refractivity contribution in [3.8, 4) is 5.88 Å². The Balaban J connectivity index is 1.63. The molecule has 0 radical (unpaired) electrons. The van der Waals surface area contributed by atoms with E-state index in [2.05, 4.69) is 15.4 Å². The van der Waals surface area contributed by atoms with Gasteiger partial charge in [-0.25, -0.2) is 0 Å². The third kappa shape index (κ3) is 3.62. The van der Waals surface area contributed by atoms with Crippen molar-refractivity contribution in [3.05, 3.63) is 65.4 Å². The smallest absolute Gasteiger partial charge is 0.257 e. The Morgan fingerprint density at radius 3 is 2.76 bits per heavy atom. The van der Waals surface area contributed by atoms with Gasteiger partial charge < -0.3 is 15.4 Å². The van der Waals surface area contributed by atoms with Gasteiger partial charge in [0, 0.05) is 28.3 Å². The van der Waals surface area contributed by atoms with E-state index in [9.17, 15) is 14.7 Å². The summed E-state index contributed by atoms with van der Waals surface area (Å²) in [6.45, 7) is 1.87. The van der Waals surface area contributed by atoms with E-state index in [0.717, 1.165) is 15.5 Å². The van der Waals surface area contributed by atoms with Crippen LogP contribution in [0.5, 0.6) is 5.88 Å². The van der Waals surface area contributed by atoms with Gasteiger partial charge in [0.25, 0.3) is 5.91 Å². The summed E-state index contributed by atoms with van der Waals surface area (Å²) >= 11 is 1.43. The van der Waals surface area contributed by atoms with Crippen molar-refractivity contribution < 1.29 is 14.7 Å². The van der Waals surface area contributed by atoms with Crippen LogP contribution in [-0.2, 0) is 7.05 Å². The Labute approximate surface area is 170 Å². The molecule has 0 aliphatic carbocycles. The molecule has 0 saturated heterocycles. The minimum Gasteiger partial charge on any atom is -0.494 e. The van der Waals surface area contributed by atoms with Gasteiger partial charge in [-0.2, -0.15) is 5.10 Å². The van der Waals surface area contributed by atoms with Crippen molar-refractivity contribution in [1.29, 1.82) is 0 Å². The number of anilines is 1. The lowest BCUT2D eigenvalue weighted by Crippen LogP contribution is -2.15. The number of hydrogen-bond acceptors (Lipinski definition) is 5. The first-order valence-corrected chi connectivity index (χ1v) is 9.66. The molecule has 29 heavy (non-hydrogen) atoms. The zero-order valence-corrected chi connectivity index (χ0v) is 16.6. The molecule has 3 N–H and O–H groups in total. The Kier molecular flexibility index (Phi) is 4.85. The second kappa shape index (κ2) is 7.48. The standard InChI is InChI=1S/C21H18N4O3S/c1-12-9-19(25(2)24-12)23-20(27)15-5-3-4-6-18(15)29-13-7-8-14-16(11-26)21(28)22-17(14)10-13/h3-11,22,28H,1-2H3,(H,23,27). The molecule has 0 saturated carbocycles. The van der Waals surface area contributed by atoms with Gasteiger partial charge in [0.2, 0.25) is 0 Å². The van der Waals surface area contributed by atoms with Gasteiger partial charge in [0.1, 0.15) is 5.82 Å². The lowest BCUT2D eigenvalue weighted by atomic mass is 10.2. The zero-order valence-electron chi connectivity index (χ0n) is 15.8. The van der Waals surface area contributed by atoms with Crippen LogP contribution < -0.4 is 5.32 Å².